The number of para-hydroxylation sites is 1. The van der Waals surface area contributed by atoms with Crippen molar-refractivity contribution in [2.75, 3.05) is 23.3 Å². The van der Waals surface area contributed by atoms with Crippen molar-refractivity contribution < 1.29 is 23.2 Å². The molecule has 0 bridgehead atoms. The van der Waals surface area contributed by atoms with Gasteiger partial charge in [0, 0.05) is 29.2 Å². The van der Waals surface area contributed by atoms with Gasteiger partial charge in [-0.05, 0) is 40.2 Å². The Labute approximate surface area is 168 Å². The van der Waals surface area contributed by atoms with Gasteiger partial charge < -0.3 is 15.5 Å². The van der Waals surface area contributed by atoms with Gasteiger partial charge in [-0.3, -0.25) is 14.4 Å². The molecule has 1 fully saturated rings. The molecule has 2 aromatic carbocycles. The van der Waals surface area contributed by atoms with Gasteiger partial charge in [0.25, 0.3) is 0 Å². The first-order valence-electron chi connectivity index (χ1n) is 8.42. The molecule has 28 heavy (non-hydrogen) atoms. The first-order chi connectivity index (χ1) is 13.3. The Balaban J connectivity index is 1.54. The number of carbonyl (C=O) groups excluding carboxylic acids is 3. The fourth-order valence-electron chi connectivity index (χ4n) is 2.88. The number of amides is 3. The Kier molecular flexibility index (Phi) is 6.03. The highest BCUT2D eigenvalue weighted by Gasteiger charge is 2.35. The van der Waals surface area contributed by atoms with Gasteiger partial charge in [-0.15, -0.1) is 0 Å². The van der Waals surface area contributed by atoms with Crippen molar-refractivity contribution in [3.05, 3.63) is 58.6 Å². The molecule has 1 unspecified atom stereocenters. The van der Waals surface area contributed by atoms with Gasteiger partial charge in [-0.25, -0.2) is 8.78 Å². The molecular weight excluding hydrogens is 436 g/mol. The lowest BCUT2D eigenvalue weighted by molar-refractivity contribution is -0.127. The summed E-state index contributed by atoms with van der Waals surface area (Å²) in [4.78, 5) is 38.0. The summed E-state index contributed by atoms with van der Waals surface area (Å²) in [6.07, 6.45) is 0.0396. The van der Waals surface area contributed by atoms with E-state index in [1.807, 2.05) is 6.07 Å². The summed E-state index contributed by atoms with van der Waals surface area (Å²) in [5.41, 5.74) is 0.758. The van der Waals surface area contributed by atoms with E-state index in [4.69, 9.17) is 0 Å². The molecule has 0 aromatic heterocycles. The van der Waals surface area contributed by atoms with Crippen LogP contribution >= 0.6 is 15.9 Å². The maximum absolute atomic E-state index is 13.2. The van der Waals surface area contributed by atoms with Crippen molar-refractivity contribution in [1.29, 1.82) is 0 Å². The normalized spacial score (nSPS) is 16.2. The zero-order chi connectivity index (χ0) is 20.3. The lowest BCUT2D eigenvalue weighted by atomic mass is 10.1. The number of hydrogen-bond acceptors (Lipinski definition) is 3. The molecule has 1 aliphatic rings. The molecule has 0 saturated carbocycles. The molecule has 1 atom stereocenters. The summed E-state index contributed by atoms with van der Waals surface area (Å²) >= 11 is 3.38. The Morgan fingerprint density at radius 2 is 1.89 bits per heavy atom. The first kappa shape index (κ1) is 19.9. The summed E-state index contributed by atoms with van der Waals surface area (Å²) in [6, 6.07) is 10.1. The number of benzene rings is 2. The molecule has 3 amide bonds. The maximum atomic E-state index is 13.2. The summed E-state index contributed by atoms with van der Waals surface area (Å²) in [7, 11) is 0. The SMILES string of the molecule is O=C(CNC(=O)C1CC(=O)N(c2ccccc2Br)C1)Nc1ccc(F)c(F)c1. The van der Waals surface area contributed by atoms with Gasteiger partial charge >= 0.3 is 0 Å². The number of hydrogen-bond donors (Lipinski definition) is 2. The molecule has 0 spiro atoms. The predicted molar refractivity (Wildman–Crippen MR) is 103 cm³/mol. The second kappa shape index (κ2) is 8.47. The fraction of sp³-hybridized carbons (Fsp3) is 0.211. The first-order valence-corrected chi connectivity index (χ1v) is 9.22. The molecular formula is C19H16BrF2N3O3. The standard InChI is InChI=1S/C19H16BrF2N3O3/c20-13-3-1-2-4-16(13)25-10-11(7-18(25)27)19(28)23-9-17(26)24-12-5-6-14(21)15(22)8-12/h1-6,8,11H,7,9-10H2,(H,23,28)(H,24,26). The average Bonchev–Trinajstić information content (AvgIpc) is 3.05. The average molecular weight is 452 g/mol. The summed E-state index contributed by atoms with van der Waals surface area (Å²) < 4.78 is 26.8. The summed E-state index contributed by atoms with van der Waals surface area (Å²) in [5, 5.41) is 4.83. The largest absolute Gasteiger partial charge is 0.347 e. The molecule has 0 radical (unpaired) electrons. The smallest absolute Gasteiger partial charge is 0.243 e. The van der Waals surface area contributed by atoms with E-state index in [2.05, 4.69) is 26.6 Å². The fourth-order valence-corrected chi connectivity index (χ4v) is 3.38. The van der Waals surface area contributed by atoms with E-state index in [1.54, 1.807) is 18.2 Å². The van der Waals surface area contributed by atoms with Gasteiger partial charge in [0.15, 0.2) is 11.6 Å². The van der Waals surface area contributed by atoms with Crippen LogP contribution in [0.5, 0.6) is 0 Å². The van der Waals surface area contributed by atoms with Gasteiger partial charge in [-0.1, -0.05) is 12.1 Å². The molecule has 146 valence electrons. The highest BCUT2D eigenvalue weighted by molar-refractivity contribution is 9.10. The van der Waals surface area contributed by atoms with Crippen molar-refractivity contribution in [1.82, 2.24) is 5.32 Å². The molecule has 1 aliphatic heterocycles. The Hall–Kier alpha value is -2.81. The van der Waals surface area contributed by atoms with Crippen molar-refractivity contribution >= 4 is 45.0 Å². The lowest BCUT2D eigenvalue weighted by Crippen LogP contribution is -2.38. The Bertz CT molecular complexity index is 938. The number of anilines is 2. The van der Waals surface area contributed by atoms with E-state index >= 15 is 0 Å². The molecule has 1 saturated heterocycles. The topological polar surface area (TPSA) is 78.5 Å². The van der Waals surface area contributed by atoms with Gasteiger partial charge in [0.1, 0.15) is 0 Å². The van der Waals surface area contributed by atoms with Gasteiger partial charge in [-0.2, -0.15) is 0 Å². The van der Waals surface area contributed by atoms with Crippen LogP contribution in [0, 0.1) is 17.6 Å². The van der Waals surface area contributed by atoms with Crippen LogP contribution in [0.25, 0.3) is 0 Å². The molecule has 0 aliphatic carbocycles. The number of halogens is 3. The zero-order valence-corrected chi connectivity index (χ0v) is 16.1. The quantitative estimate of drug-likeness (QED) is 0.733. The van der Waals surface area contributed by atoms with E-state index < -0.39 is 29.4 Å². The van der Waals surface area contributed by atoms with Gasteiger partial charge in [0.05, 0.1) is 18.2 Å². The third-order valence-electron chi connectivity index (χ3n) is 4.27. The van der Waals surface area contributed by atoms with Crippen LogP contribution in [0.1, 0.15) is 6.42 Å². The van der Waals surface area contributed by atoms with E-state index in [-0.39, 0.29) is 31.1 Å². The highest BCUT2D eigenvalue weighted by Crippen LogP contribution is 2.31. The molecule has 2 N–H and O–H groups in total. The number of nitrogens with one attached hydrogen (secondary N) is 2. The molecule has 9 heteroatoms. The van der Waals surface area contributed by atoms with E-state index in [1.165, 1.54) is 11.0 Å². The van der Waals surface area contributed by atoms with Crippen molar-refractivity contribution in [3.63, 3.8) is 0 Å². The minimum atomic E-state index is -1.08. The number of carbonyl (C=O) groups is 3. The minimum Gasteiger partial charge on any atom is -0.347 e. The van der Waals surface area contributed by atoms with E-state index in [0.717, 1.165) is 16.6 Å². The van der Waals surface area contributed by atoms with Crippen LogP contribution in [-0.4, -0.2) is 30.8 Å². The van der Waals surface area contributed by atoms with Crippen molar-refractivity contribution in [2.45, 2.75) is 6.42 Å². The Morgan fingerprint density at radius 3 is 2.61 bits per heavy atom. The molecule has 2 aromatic rings. The summed E-state index contributed by atoms with van der Waals surface area (Å²) in [5.74, 6) is -3.89. The predicted octanol–water partition coefficient (Wildman–Crippen LogP) is 2.84. The van der Waals surface area contributed by atoms with Crippen LogP contribution in [0.2, 0.25) is 0 Å². The number of rotatable bonds is 5. The number of nitrogens with zero attached hydrogens (tertiary/aromatic N) is 1. The second-order valence-corrected chi connectivity index (χ2v) is 7.11. The Morgan fingerprint density at radius 1 is 1.14 bits per heavy atom. The zero-order valence-electron chi connectivity index (χ0n) is 14.5. The van der Waals surface area contributed by atoms with E-state index in [0.29, 0.717) is 5.69 Å². The third kappa shape index (κ3) is 4.53. The van der Waals surface area contributed by atoms with Crippen LogP contribution < -0.4 is 15.5 Å². The monoisotopic (exact) mass is 451 g/mol. The summed E-state index contributed by atoms with van der Waals surface area (Å²) in [6.45, 7) is -0.143. The van der Waals surface area contributed by atoms with Crippen LogP contribution in [0.3, 0.4) is 0 Å². The van der Waals surface area contributed by atoms with E-state index in [9.17, 15) is 23.2 Å². The van der Waals surface area contributed by atoms with Gasteiger partial charge in [0.2, 0.25) is 17.7 Å². The van der Waals surface area contributed by atoms with Crippen molar-refractivity contribution in [2.24, 2.45) is 5.92 Å². The van der Waals surface area contributed by atoms with Crippen LogP contribution in [0.15, 0.2) is 46.9 Å². The molecule has 6 nitrogen and oxygen atoms in total. The maximum Gasteiger partial charge on any atom is 0.243 e. The molecule has 1 heterocycles. The van der Waals surface area contributed by atoms with Crippen molar-refractivity contribution in [3.8, 4) is 0 Å². The minimum absolute atomic E-state index is 0.0396. The highest BCUT2D eigenvalue weighted by atomic mass is 79.9. The molecule has 3 rings (SSSR count). The van der Waals surface area contributed by atoms with Crippen LogP contribution in [0.4, 0.5) is 20.2 Å². The van der Waals surface area contributed by atoms with Crippen LogP contribution in [-0.2, 0) is 14.4 Å². The third-order valence-corrected chi connectivity index (χ3v) is 4.94. The lowest BCUT2D eigenvalue weighted by Gasteiger charge is -2.18. The second-order valence-electron chi connectivity index (χ2n) is 6.25.